The number of anilines is 3. The maximum Gasteiger partial charge on any atom is 0.229 e. The SMILES string of the molecule is CNc1ncc(-c2nc3cc(NC(C)=O)ccc3o2)c2cc(NC(=O)C3CC3)ncc12. The largest absolute Gasteiger partial charge is 0.436 e. The minimum absolute atomic E-state index is 0.0105. The molecule has 1 saturated carbocycles. The predicted molar refractivity (Wildman–Crippen MR) is 118 cm³/mol. The maximum atomic E-state index is 12.2. The first-order valence-corrected chi connectivity index (χ1v) is 9.98. The zero-order valence-corrected chi connectivity index (χ0v) is 17.0. The molecule has 1 aliphatic rings. The fourth-order valence-electron chi connectivity index (χ4n) is 3.47. The van der Waals surface area contributed by atoms with E-state index >= 15 is 0 Å². The number of pyridine rings is 2. The van der Waals surface area contributed by atoms with Gasteiger partial charge in [0, 0.05) is 48.7 Å². The highest BCUT2D eigenvalue weighted by Crippen LogP contribution is 2.35. The molecule has 3 N–H and O–H groups in total. The number of nitrogens with zero attached hydrogens (tertiary/aromatic N) is 3. The van der Waals surface area contributed by atoms with E-state index in [-0.39, 0.29) is 17.7 Å². The monoisotopic (exact) mass is 416 g/mol. The molecule has 0 spiro atoms. The highest BCUT2D eigenvalue weighted by Gasteiger charge is 2.30. The summed E-state index contributed by atoms with van der Waals surface area (Å²) in [6.07, 6.45) is 5.20. The first-order chi connectivity index (χ1) is 15.0. The molecule has 0 aliphatic heterocycles. The van der Waals surface area contributed by atoms with Crippen molar-refractivity contribution >= 4 is 51.0 Å². The number of benzene rings is 1. The Morgan fingerprint density at radius 1 is 1.06 bits per heavy atom. The van der Waals surface area contributed by atoms with Crippen LogP contribution in [0.1, 0.15) is 19.8 Å². The van der Waals surface area contributed by atoms with E-state index in [4.69, 9.17) is 4.42 Å². The lowest BCUT2D eigenvalue weighted by Crippen LogP contribution is -2.14. The molecule has 31 heavy (non-hydrogen) atoms. The summed E-state index contributed by atoms with van der Waals surface area (Å²) in [5.41, 5.74) is 2.52. The van der Waals surface area contributed by atoms with E-state index in [1.54, 1.807) is 37.6 Å². The Balaban J connectivity index is 1.60. The second-order valence-corrected chi connectivity index (χ2v) is 7.53. The molecule has 0 bridgehead atoms. The number of rotatable bonds is 5. The summed E-state index contributed by atoms with van der Waals surface area (Å²) in [6.45, 7) is 1.45. The van der Waals surface area contributed by atoms with E-state index in [0.717, 1.165) is 23.6 Å². The van der Waals surface area contributed by atoms with Crippen molar-refractivity contribution in [2.24, 2.45) is 5.92 Å². The molecule has 0 unspecified atom stereocenters. The van der Waals surface area contributed by atoms with Gasteiger partial charge in [-0.25, -0.2) is 15.0 Å². The van der Waals surface area contributed by atoms with Crippen molar-refractivity contribution in [3.8, 4) is 11.5 Å². The van der Waals surface area contributed by atoms with Crippen molar-refractivity contribution in [2.45, 2.75) is 19.8 Å². The summed E-state index contributed by atoms with van der Waals surface area (Å²) in [6, 6.07) is 7.08. The molecule has 9 heteroatoms. The van der Waals surface area contributed by atoms with Crippen LogP contribution >= 0.6 is 0 Å². The number of fused-ring (bicyclic) bond motifs is 2. The van der Waals surface area contributed by atoms with Crippen molar-refractivity contribution in [1.82, 2.24) is 15.0 Å². The summed E-state index contributed by atoms with van der Waals surface area (Å²) >= 11 is 0. The maximum absolute atomic E-state index is 12.2. The van der Waals surface area contributed by atoms with Gasteiger partial charge in [-0.15, -0.1) is 0 Å². The van der Waals surface area contributed by atoms with Gasteiger partial charge in [-0.3, -0.25) is 9.59 Å². The molecule has 9 nitrogen and oxygen atoms in total. The minimum Gasteiger partial charge on any atom is -0.436 e. The number of hydrogen-bond donors (Lipinski definition) is 3. The summed E-state index contributed by atoms with van der Waals surface area (Å²) in [5, 5.41) is 10.3. The van der Waals surface area contributed by atoms with Crippen LogP contribution in [0.5, 0.6) is 0 Å². The topological polar surface area (TPSA) is 122 Å². The lowest BCUT2D eigenvalue weighted by Gasteiger charge is -2.10. The van der Waals surface area contributed by atoms with Crippen molar-refractivity contribution in [3.63, 3.8) is 0 Å². The quantitative estimate of drug-likeness (QED) is 0.452. The molecule has 1 aliphatic carbocycles. The molecular weight excluding hydrogens is 396 g/mol. The average Bonchev–Trinajstić information content (AvgIpc) is 3.52. The van der Waals surface area contributed by atoms with Crippen LogP contribution in [0.2, 0.25) is 0 Å². The van der Waals surface area contributed by atoms with E-state index in [1.165, 1.54) is 6.92 Å². The number of aromatic nitrogens is 3. The van der Waals surface area contributed by atoms with Gasteiger partial charge in [0.1, 0.15) is 17.2 Å². The lowest BCUT2D eigenvalue weighted by atomic mass is 10.1. The third kappa shape index (κ3) is 3.65. The highest BCUT2D eigenvalue weighted by molar-refractivity contribution is 6.03. The second-order valence-electron chi connectivity index (χ2n) is 7.53. The van der Waals surface area contributed by atoms with Crippen molar-refractivity contribution in [3.05, 3.63) is 36.7 Å². The zero-order chi connectivity index (χ0) is 21.5. The second kappa shape index (κ2) is 7.35. The molecule has 156 valence electrons. The van der Waals surface area contributed by atoms with Crippen LogP contribution in [0.3, 0.4) is 0 Å². The summed E-state index contributed by atoms with van der Waals surface area (Å²) < 4.78 is 5.97. The van der Waals surface area contributed by atoms with Crippen LogP contribution in [0.15, 0.2) is 41.1 Å². The molecule has 1 fully saturated rings. The third-order valence-corrected chi connectivity index (χ3v) is 5.15. The zero-order valence-electron chi connectivity index (χ0n) is 17.0. The number of carbonyl (C=O) groups excluding carboxylic acids is 2. The molecule has 3 heterocycles. The standard InChI is InChI=1S/C22H20N6O3/c1-11(29)26-13-5-6-18-17(7-13)27-22(31-18)16-10-25-20(23-2)15-9-24-19(8-14(15)16)28-21(30)12-3-4-12/h5-10,12H,3-4H2,1-2H3,(H,23,25)(H,26,29)(H,24,28,30). The first kappa shape index (κ1) is 19.0. The van der Waals surface area contributed by atoms with Gasteiger partial charge in [0.15, 0.2) is 5.58 Å². The van der Waals surface area contributed by atoms with Gasteiger partial charge in [-0.1, -0.05) is 0 Å². The van der Waals surface area contributed by atoms with Crippen molar-refractivity contribution < 1.29 is 14.0 Å². The van der Waals surface area contributed by atoms with Crippen LogP contribution in [0.25, 0.3) is 33.3 Å². The van der Waals surface area contributed by atoms with Gasteiger partial charge in [-0.2, -0.15) is 0 Å². The van der Waals surface area contributed by atoms with Crippen LogP contribution < -0.4 is 16.0 Å². The molecule has 3 aromatic heterocycles. The predicted octanol–water partition coefficient (Wildman–Crippen LogP) is 3.79. The van der Waals surface area contributed by atoms with Crippen LogP contribution in [0, 0.1) is 5.92 Å². The van der Waals surface area contributed by atoms with E-state index in [2.05, 4.69) is 30.9 Å². The number of nitrogens with one attached hydrogen (secondary N) is 3. The molecule has 0 radical (unpaired) electrons. The summed E-state index contributed by atoms with van der Waals surface area (Å²) in [4.78, 5) is 37.0. The summed E-state index contributed by atoms with van der Waals surface area (Å²) in [5.74, 6) is 1.44. The van der Waals surface area contributed by atoms with Crippen molar-refractivity contribution in [1.29, 1.82) is 0 Å². The van der Waals surface area contributed by atoms with E-state index in [1.807, 2.05) is 6.07 Å². The van der Waals surface area contributed by atoms with Crippen LogP contribution in [-0.4, -0.2) is 33.8 Å². The minimum atomic E-state index is -0.158. The molecule has 0 atom stereocenters. The van der Waals surface area contributed by atoms with Gasteiger partial charge >= 0.3 is 0 Å². The van der Waals surface area contributed by atoms with Crippen molar-refractivity contribution in [2.75, 3.05) is 23.0 Å². The third-order valence-electron chi connectivity index (χ3n) is 5.15. The van der Waals surface area contributed by atoms with Gasteiger partial charge in [0.25, 0.3) is 0 Å². The Labute approximate surface area is 177 Å². The smallest absolute Gasteiger partial charge is 0.229 e. The van der Waals surface area contributed by atoms with E-state index < -0.39 is 0 Å². The highest BCUT2D eigenvalue weighted by atomic mass is 16.3. The Morgan fingerprint density at radius 2 is 1.90 bits per heavy atom. The van der Waals surface area contributed by atoms with Crippen LogP contribution in [-0.2, 0) is 9.59 Å². The fraction of sp³-hybridized carbons (Fsp3) is 0.227. The van der Waals surface area contributed by atoms with E-state index in [0.29, 0.717) is 39.9 Å². The number of carbonyl (C=O) groups is 2. The molecule has 5 rings (SSSR count). The van der Waals surface area contributed by atoms with Gasteiger partial charge in [0.2, 0.25) is 17.7 Å². The molecule has 2 amide bonds. The van der Waals surface area contributed by atoms with Gasteiger partial charge in [0.05, 0.1) is 5.56 Å². The Hall–Kier alpha value is -4.01. The van der Waals surface area contributed by atoms with Crippen LogP contribution in [0.4, 0.5) is 17.3 Å². The molecule has 4 aromatic rings. The molecular formula is C22H20N6O3. The first-order valence-electron chi connectivity index (χ1n) is 9.98. The van der Waals surface area contributed by atoms with E-state index in [9.17, 15) is 9.59 Å². The summed E-state index contributed by atoms with van der Waals surface area (Å²) in [7, 11) is 1.78. The Kier molecular flexibility index (Phi) is 4.50. The molecule has 0 saturated heterocycles. The normalized spacial score (nSPS) is 13.4. The average molecular weight is 416 g/mol. The van der Waals surface area contributed by atoms with Gasteiger partial charge in [-0.05, 0) is 37.1 Å². The number of hydrogen-bond acceptors (Lipinski definition) is 7. The number of amides is 2. The fourth-order valence-corrected chi connectivity index (χ4v) is 3.47. The Morgan fingerprint density at radius 3 is 2.65 bits per heavy atom. The molecule has 1 aromatic carbocycles. The lowest BCUT2D eigenvalue weighted by molar-refractivity contribution is -0.117. The van der Waals surface area contributed by atoms with Gasteiger partial charge < -0.3 is 20.4 Å². The number of oxazole rings is 1. The Bertz CT molecular complexity index is 1340.